The maximum Gasteiger partial charge on any atom is 0.306 e. The predicted molar refractivity (Wildman–Crippen MR) is 38.2 cm³/mol. The number of ether oxygens (including phenoxy) is 1. The van der Waals surface area contributed by atoms with E-state index >= 15 is 0 Å². The summed E-state index contributed by atoms with van der Waals surface area (Å²) in [5.41, 5.74) is 0. The van der Waals surface area contributed by atoms with Crippen LogP contribution in [0.4, 0.5) is 0 Å². The summed E-state index contributed by atoms with van der Waals surface area (Å²) in [6.45, 7) is 2.07. The molecule has 3 nitrogen and oxygen atoms in total. The molecule has 0 aromatic heterocycles. The average molecular weight is 156 g/mol. The molecule has 0 aromatic carbocycles. The van der Waals surface area contributed by atoms with E-state index in [1.807, 2.05) is 0 Å². The molecular formula is C8H12O3. The number of epoxide rings is 1. The van der Waals surface area contributed by atoms with Crippen LogP contribution in [0.2, 0.25) is 0 Å². The van der Waals surface area contributed by atoms with Crippen LogP contribution in [0.5, 0.6) is 0 Å². The second-order valence-corrected chi connectivity index (χ2v) is 3.62. The Morgan fingerprint density at radius 2 is 2.27 bits per heavy atom. The predicted octanol–water partition coefficient (Wildman–Crippen LogP) is 0.885. The maximum atomic E-state index is 10.6. The van der Waals surface area contributed by atoms with Gasteiger partial charge in [0.15, 0.2) is 0 Å². The molecule has 1 aliphatic heterocycles. The highest BCUT2D eigenvalue weighted by atomic mass is 16.6. The molecular weight excluding hydrogens is 144 g/mol. The smallest absolute Gasteiger partial charge is 0.306 e. The monoisotopic (exact) mass is 156 g/mol. The van der Waals surface area contributed by atoms with Gasteiger partial charge in [0.1, 0.15) is 0 Å². The third-order valence-corrected chi connectivity index (χ3v) is 2.70. The molecule has 0 amide bonds. The first-order chi connectivity index (χ1) is 5.18. The van der Waals surface area contributed by atoms with E-state index in [-0.39, 0.29) is 12.0 Å². The lowest BCUT2D eigenvalue weighted by atomic mass is 9.83. The van der Waals surface area contributed by atoms with Crippen molar-refractivity contribution in [3.63, 3.8) is 0 Å². The summed E-state index contributed by atoms with van der Waals surface area (Å²) >= 11 is 0. The highest BCUT2D eigenvalue weighted by Gasteiger charge is 2.49. The van der Waals surface area contributed by atoms with Gasteiger partial charge in [0.05, 0.1) is 18.1 Å². The molecule has 2 fully saturated rings. The number of hydrogen-bond donors (Lipinski definition) is 1. The van der Waals surface area contributed by atoms with Gasteiger partial charge in [0.25, 0.3) is 0 Å². The van der Waals surface area contributed by atoms with E-state index in [0.717, 1.165) is 12.8 Å². The first-order valence-electron chi connectivity index (χ1n) is 4.06. The number of carbonyl (C=O) groups is 1. The third-order valence-electron chi connectivity index (χ3n) is 2.70. The molecule has 2 aliphatic rings. The van der Waals surface area contributed by atoms with Crippen LogP contribution in [-0.4, -0.2) is 23.3 Å². The summed E-state index contributed by atoms with van der Waals surface area (Å²) < 4.78 is 5.31. The van der Waals surface area contributed by atoms with Gasteiger partial charge in [0.2, 0.25) is 0 Å². The number of carboxylic acid groups (broad SMARTS) is 1. The standard InChI is InChI=1S/C8H12O3/c1-4-2-5(8(9)10)3-6-7(4)11-6/h4-7H,2-3H2,1H3,(H,9,10). The molecule has 62 valence electrons. The molecule has 3 heteroatoms. The van der Waals surface area contributed by atoms with E-state index in [1.54, 1.807) is 0 Å². The zero-order valence-corrected chi connectivity index (χ0v) is 6.49. The van der Waals surface area contributed by atoms with Crippen molar-refractivity contribution in [3.05, 3.63) is 0 Å². The van der Waals surface area contributed by atoms with Gasteiger partial charge < -0.3 is 9.84 Å². The highest BCUT2D eigenvalue weighted by Crippen LogP contribution is 2.43. The van der Waals surface area contributed by atoms with Crippen LogP contribution < -0.4 is 0 Å². The lowest BCUT2D eigenvalue weighted by molar-refractivity contribution is -0.143. The van der Waals surface area contributed by atoms with Gasteiger partial charge in [-0.2, -0.15) is 0 Å². The quantitative estimate of drug-likeness (QED) is 0.573. The first-order valence-corrected chi connectivity index (χ1v) is 4.06. The molecule has 1 heterocycles. The van der Waals surface area contributed by atoms with Crippen molar-refractivity contribution < 1.29 is 14.6 Å². The van der Waals surface area contributed by atoms with Crippen LogP contribution in [0.15, 0.2) is 0 Å². The van der Waals surface area contributed by atoms with Crippen LogP contribution in [0.25, 0.3) is 0 Å². The Bertz CT molecular complexity index is 190. The summed E-state index contributed by atoms with van der Waals surface area (Å²) in [6, 6.07) is 0. The number of carboxylic acids is 1. The minimum atomic E-state index is -0.661. The fraction of sp³-hybridized carbons (Fsp3) is 0.875. The summed E-state index contributed by atoms with van der Waals surface area (Å²) in [4.78, 5) is 10.6. The number of hydrogen-bond acceptors (Lipinski definition) is 2. The minimum absolute atomic E-state index is 0.159. The van der Waals surface area contributed by atoms with Crippen LogP contribution in [0.3, 0.4) is 0 Å². The van der Waals surface area contributed by atoms with E-state index in [0.29, 0.717) is 12.0 Å². The lowest BCUT2D eigenvalue weighted by Gasteiger charge is -2.19. The van der Waals surface area contributed by atoms with Gasteiger partial charge in [-0.3, -0.25) is 4.79 Å². The van der Waals surface area contributed by atoms with Crippen molar-refractivity contribution in [2.45, 2.75) is 32.0 Å². The molecule has 0 bridgehead atoms. The molecule has 0 spiro atoms. The molecule has 4 unspecified atom stereocenters. The Hall–Kier alpha value is -0.570. The summed E-state index contributed by atoms with van der Waals surface area (Å²) in [5.74, 6) is -0.380. The fourth-order valence-electron chi connectivity index (χ4n) is 2.01. The van der Waals surface area contributed by atoms with Crippen LogP contribution in [0, 0.1) is 11.8 Å². The Balaban J connectivity index is 2.00. The largest absolute Gasteiger partial charge is 0.481 e. The van der Waals surface area contributed by atoms with Crippen LogP contribution in [-0.2, 0) is 9.53 Å². The Kier molecular flexibility index (Phi) is 1.42. The molecule has 1 N–H and O–H groups in total. The Labute approximate surface area is 65.4 Å². The van der Waals surface area contributed by atoms with Crippen LogP contribution in [0.1, 0.15) is 19.8 Å². The molecule has 11 heavy (non-hydrogen) atoms. The molecule has 2 rings (SSSR count). The zero-order chi connectivity index (χ0) is 8.01. The molecule has 4 atom stereocenters. The van der Waals surface area contributed by atoms with Crippen molar-refractivity contribution in [1.29, 1.82) is 0 Å². The van der Waals surface area contributed by atoms with Crippen molar-refractivity contribution in [3.8, 4) is 0 Å². The second kappa shape index (κ2) is 2.21. The molecule has 1 saturated heterocycles. The van der Waals surface area contributed by atoms with Crippen molar-refractivity contribution >= 4 is 5.97 Å². The van der Waals surface area contributed by atoms with Crippen molar-refractivity contribution in [1.82, 2.24) is 0 Å². The van der Waals surface area contributed by atoms with Crippen LogP contribution >= 0.6 is 0 Å². The number of fused-ring (bicyclic) bond motifs is 1. The van der Waals surface area contributed by atoms with E-state index in [4.69, 9.17) is 9.84 Å². The van der Waals surface area contributed by atoms with Crippen molar-refractivity contribution in [2.24, 2.45) is 11.8 Å². The summed E-state index contributed by atoms with van der Waals surface area (Å²) in [5, 5.41) is 8.74. The topological polar surface area (TPSA) is 49.8 Å². The van der Waals surface area contributed by atoms with Gasteiger partial charge >= 0.3 is 5.97 Å². The Morgan fingerprint density at radius 1 is 1.55 bits per heavy atom. The summed E-state index contributed by atoms with van der Waals surface area (Å²) in [6.07, 6.45) is 2.16. The van der Waals surface area contributed by atoms with E-state index in [2.05, 4.69) is 6.92 Å². The summed E-state index contributed by atoms with van der Waals surface area (Å²) in [7, 11) is 0. The molecule has 1 saturated carbocycles. The van der Waals surface area contributed by atoms with Gasteiger partial charge in [-0.15, -0.1) is 0 Å². The van der Waals surface area contributed by atoms with Gasteiger partial charge in [-0.1, -0.05) is 6.92 Å². The average Bonchev–Trinajstić information content (AvgIpc) is 2.66. The molecule has 1 aliphatic carbocycles. The molecule has 0 aromatic rings. The van der Waals surface area contributed by atoms with E-state index in [1.165, 1.54) is 0 Å². The first kappa shape index (κ1) is 7.10. The van der Waals surface area contributed by atoms with E-state index in [9.17, 15) is 4.79 Å². The lowest BCUT2D eigenvalue weighted by Crippen LogP contribution is -2.26. The maximum absolute atomic E-state index is 10.6. The van der Waals surface area contributed by atoms with Crippen molar-refractivity contribution in [2.75, 3.05) is 0 Å². The van der Waals surface area contributed by atoms with E-state index < -0.39 is 5.97 Å². The third kappa shape index (κ3) is 1.13. The normalized spacial score (nSPS) is 48.1. The second-order valence-electron chi connectivity index (χ2n) is 3.62. The molecule has 0 radical (unpaired) electrons. The number of aliphatic carboxylic acids is 1. The minimum Gasteiger partial charge on any atom is -0.481 e. The highest BCUT2D eigenvalue weighted by molar-refractivity contribution is 5.70. The fourth-order valence-corrected chi connectivity index (χ4v) is 2.01. The SMILES string of the molecule is CC1CC(C(=O)O)CC2OC12. The number of rotatable bonds is 1. The van der Waals surface area contributed by atoms with Gasteiger partial charge in [-0.05, 0) is 18.8 Å². The Morgan fingerprint density at radius 3 is 2.82 bits per heavy atom. The van der Waals surface area contributed by atoms with Gasteiger partial charge in [0, 0.05) is 0 Å². The zero-order valence-electron chi connectivity index (χ0n) is 6.49. The van der Waals surface area contributed by atoms with Gasteiger partial charge in [-0.25, -0.2) is 0 Å².